The van der Waals surface area contributed by atoms with Crippen LogP contribution in [-0.2, 0) is 0 Å². The normalized spacial score (nSPS) is 20.9. The molecule has 2 aliphatic rings. The van der Waals surface area contributed by atoms with Crippen LogP contribution >= 0.6 is 0 Å². The maximum atomic E-state index is 13.1. The van der Waals surface area contributed by atoms with Crippen LogP contribution in [0, 0.1) is 12.7 Å². The van der Waals surface area contributed by atoms with Crippen molar-refractivity contribution >= 4 is 5.91 Å². The molecule has 1 amide bonds. The summed E-state index contributed by atoms with van der Waals surface area (Å²) in [7, 11) is 0. The smallest absolute Gasteiger partial charge is 0.251 e. The van der Waals surface area contributed by atoms with Crippen LogP contribution in [0.5, 0.6) is 0 Å². The van der Waals surface area contributed by atoms with Gasteiger partial charge in [-0.2, -0.15) is 0 Å². The van der Waals surface area contributed by atoms with E-state index in [1.807, 2.05) is 0 Å². The topological polar surface area (TPSA) is 32.3 Å². The first kappa shape index (κ1) is 13.6. The van der Waals surface area contributed by atoms with Gasteiger partial charge in [0.15, 0.2) is 0 Å². The van der Waals surface area contributed by atoms with E-state index in [9.17, 15) is 9.18 Å². The van der Waals surface area contributed by atoms with Gasteiger partial charge in [0.25, 0.3) is 5.91 Å². The lowest BCUT2D eigenvalue weighted by Crippen LogP contribution is -2.45. The van der Waals surface area contributed by atoms with E-state index in [-0.39, 0.29) is 17.8 Å². The summed E-state index contributed by atoms with van der Waals surface area (Å²) in [4.78, 5) is 14.8. The molecule has 108 valence electrons. The molecular weight excluding hydrogens is 255 g/mol. The summed E-state index contributed by atoms with van der Waals surface area (Å²) >= 11 is 0. The van der Waals surface area contributed by atoms with E-state index in [2.05, 4.69) is 10.2 Å². The summed E-state index contributed by atoms with van der Waals surface area (Å²) in [6.07, 6.45) is 4.71. The molecule has 1 saturated carbocycles. The fourth-order valence-corrected chi connectivity index (χ4v) is 2.99. The van der Waals surface area contributed by atoms with Gasteiger partial charge in [0.1, 0.15) is 5.82 Å². The van der Waals surface area contributed by atoms with Crippen LogP contribution < -0.4 is 5.32 Å². The number of carbonyl (C=O) groups is 1. The van der Waals surface area contributed by atoms with Crippen LogP contribution in [0.15, 0.2) is 18.2 Å². The molecule has 0 bridgehead atoms. The van der Waals surface area contributed by atoms with Crippen LogP contribution in [0.25, 0.3) is 0 Å². The molecule has 1 saturated heterocycles. The van der Waals surface area contributed by atoms with Crippen molar-refractivity contribution in [2.75, 3.05) is 13.1 Å². The molecule has 0 radical (unpaired) electrons. The van der Waals surface area contributed by atoms with E-state index in [0.29, 0.717) is 11.1 Å². The van der Waals surface area contributed by atoms with Gasteiger partial charge >= 0.3 is 0 Å². The quantitative estimate of drug-likeness (QED) is 0.920. The number of nitrogens with zero attached hydrogens (tertiary/aromatic N) is 1. The Hall–Kier alpha value is -1.42. The SMILES string of the molecule is Cc1cc(F)ccc1C(=O)NC1CCN(C2CC2)CC1. The summed E-state index contributed by atoms with van der Waals surface area (Å²) in [5, 5.41) is 3.09. The van der Waals surface area contributed by atoms with Gasteiger partial charge in [0.05, 0.1) is 0 Å². The Balaban J connectivity index is 1.56. The van der Waals surface area contributed by atoms with Crippen molar-refractivity contribution in [3.8, 4) is 0 Å². The van der Waals surface area contributed by atoms with Crippen LogP contribution in [0.4, 0.5) is 4.39 Å². The van der Waals surface area contributed by atoms with Gasteiger partial charge in [-0.05, 0) is 56.4 Å². The number of nitrogens with one attached hydrogen (secondary N) is 1. The highest BCUT2D eigenvalue weighted by atomic mass is 19.1. The summed E-state index contributed by atoms with van der Waals surface area (Å²) in [6.45, 7) is 3.93. The molecule has 1 aromatic carbocycles. The minimum atomic E-state index is -0.295. The van der Waals surface area contributed by atoms with Crippen molar-refractivity contribution in [3.05, 3.63) is 35.1 Å². The predicted molar refractivity (Wildman–Crippen MR) is 76.2 cm³/mol. The molecule has 0 unspecified atom stereocenters. The van der Waals surface area contributed by atoms with Crippen LogP contribution in [0.2, 0.25) is 0 Å². The second-order valence-corrected chi connectivity index (χ2v) is 5.97. The van der Waals surface area contributed by atoms with Crippen molar-refractivity contribution in [2.24, 2.45) is 0 Å². The second kappa shape index (κ2) is 5.52. The average Bonchev–Trinajstić information content (AvgIpc) is 3.23. The maximum absolute atomic E-state index is 13.1. The molecule has 20 heavy (non-hydrogen) atoms. The third-order valence-corrected chi connectivity index (χ3v) is 4.36. The first-order valence-electron chi connectivity index (χ1n) is 7.44. The Labute approximate surface area is 119 Å². The summed E-state index contributed by atoms with van der Waals surface area (Å²) < 4.78 is 13.1. The van der Waals surface area contributed by atoms with E-state index in [1.54, 1.807) is 13.0 Å². The Bertz CT molecular complexity index is 505. The first-order valence-corrected chi connectivity index (χ1v) is 7.44. The highest BCUT2D eigenvalue weighted by Gasteiger charge is 2.32. The molecule has 1 aliphatic carbocycles. The summed E-state index contributed by atoms with van der Waals surface area (Å²) in [6, 6.07) is 5.38. The lowest BCUT2D eigenvalue weighted by Gasteiger charge is -2.32. The molecule has 2 fully saturated rings. The number of hydrogen-bond donors (Lipinski definition) is 1. The number of benzene rings is 1. The van der Waals surface area contributed by atoms with Gasteiger partial charge in [0.2, 0.25) is 0 Å². The highest BCUT2D eigenvalue weighted by Crippen LogP contribution is 2.29. The minimum Gasteiger partial charge on any atom is -0.349 e. The lowest BCUT2D eigenvalue weighted by atomic mass is 10.0. The number of piperidine rings is 1. The number of likely N-dealkylation sites (tertiary alicyclic amines) is 1. The zero-order valence-electron chi connectivity index (χ0n) is 11.9. The highest BCUT2D eigenvalue weighted by molar-refractivity contribution is 5.95. The lowest BCUT2D eigenvalue weighted by molar-refractivity contribution is 0.0908. The number of aryl methyl sites for hydroxylation is 1. The van der Waals surface area contributed by atoms with Gasteiger partial charge in [-0.25, -0.2) is 4.39 Å². The molecule has 1 heterocycles. The Morgan fingerprint density at radius 3 is 2.55 bits per heavy atom. The average molecular weight is 276 g/mol. The van der Waals surface area contributed by atoms with Crippen molar-refractivity contribution in [3.63, 3.8) is 0 Å². The number of rotatable bonds is 3. The van der Waals surface area contributed by atoms with Crippen LogP contribution in [-0.4, -0.2) is 36.0 Å². The molecule has 4 heteroatoms. The van der Waals surface area contributed by atoms with Gasteiger partial charge in [-0.1, -0.05) is 0 Å². The molecule has 1 N–H and O–H groups in total. The third-order valence-electron chi connectivity index (χ3n) is 4.36. The van der Waals surface area contributed by atoms with Crippen molar-refractivity contribution < 1.29 is 9.18 Å². The number of hydrogen-bond acceptors (Lipinski definition) is 2. The van der Waals surface area contributed by atoms with E-state index >= 15 is 0 Å². The van der Waals surface area contributed by atoms with Crippen LogP contribution in [0.3, 0.4) is 0 Å². The number of halogens is 1. The fourth-order valence-electron chi connectivity index (χ4n) is 2.99. The molecular formula is C16H21FN2O. The van der Waals surface area contributed by atoms with Crippen molar-refractivity contribution in [2.45, 2.75) is 44.7 Å². The molecule has 1 aliphatic heterocycles. The van der Waals surface area contributed by atoms with Crippen molar-refractivity contribution in [1.82, 2.24) is 10.2 Å². The molecule has 1 aromatic rings. The Kier molecular flexibility index (Phi) is 3.74. The van der Waals surface area contributed by atoms with Crippen molar-refractivity contribution in [1.29, 1.82) is 0 Å². The zero-order valence-corrected chi connectivity index (χ0v) is 11.9. The molecule has 0 atom stereocenters. The Morgan fingerprint density at radius 2 is 1.95 bits per heavy atom. The standard InChI is InChI=1S/C16H21FN2O/c1-11-10-12(17)2-5-15(11)16(20)18-13-6-8-19(9-7-13)14-3-4-14/h2,5,10,13-14H,3-4,6-9H2,1H3,(H,18,20). The van der Waals surface area contributed by atoms with E-state index in [0.717, 1.165) is 32.0 Å². The minimum absolute atomic E-state index is 0.0765. The number of carbonyl (C=O) groups excluding carboxylic acids is 1. The number of amides is 1. The van der Waals surface area contributed by atoms with Gasteiger partial charge in [-0.3, -0.25) is 4.79 Å². The van der Waals surface area contributed by atoms with Gasteiger partial charge < -0.3 is 10.2 Å². The third kappa shape index (κ3) is 3.01. The molecule has 0 aromatic heterocycles. The predicted octanol–water partition coefficient (Wildman–Crippen LogP) is 2.49. The summed E-state index contributed by atoms with van der Waals surface area (Å²) in [5.74, 6) is -0.371. The van der Waals surface area contributed by atoms with E-state index in [1.165, 1.54) is 25.0 Å². The monoisotopic (exact) mass is 276 g/mol. The first-order chi connectivity index (χ1) is 9.63. The van der Waals surface area contributed by atoms with E-state index in [4.69, 9.17) is 0 Å². The van der Waals surface area contributed by atoms with Gasteiger partial charge in [0, 0.05) is 30.7 Å². The molecule has 0 spiro atoms. The molecule has 3 nitrogen and oxygen atoms in total. The largest absolute Gasteiger partial charge is 0.349 e. The summed E-state index contributed by atoms with van der Waals surface area (Å²) in [5.41, 5.74) is 1.27. The maximum Gasteiger partial charge on any atom is 0.251 e. The Morgan fingerprint density at radius 1 is 1.25 bits per heavy atom. The van der Waals surface area contributed by atoms with E-state index < -0.39 is 0 Å². The second-order valence-electron chi connectivity index (χ2n) is 5.97. The zero-order chi connectivity index (χ0) is 14.1. The molecule has 3 rings (SSSR count). The van der Waals surface area contributed by atoms with Crippen LogP contribution in [0.1, 0.15) is 41.6 Å². The fraction of sp³-hybridized carbons (Fsp3) is 0.562. The van der Waals surface area contributed by atoms with Gasteiger partial charge in [-0.15, -0.1) is 0 Å².